The van der Waals surface area contributed by atoms with Crippen LogP contribution in [0.4, 0.5) is 0 Å². The largest absolute Gasteiger partial charge is 0.208 e. The highest BCUT2D eigenvalue weighted by Crippen LogP contribution is 2.49. The van der Waals surface area contributed by atoms with Crippen LogP contribution in [0.1, 0.15) is 44.5 Å². The number of aliphatic imine (C=N–C) groups is 8. The van der Waals surface area contributed by atoms with Gasteiger partial charge in [-0.25, -0.2) is 39.9 Å². The Morgan fingerprint density at radius 1 is 0.222 bits per heavy atom. The van der Waals surface area contributed by atoms with Gasteiger partial charge < -0.3 is 0 Å². The van der Waals surface area contributed by atoms with Crippen molar-refractivity contribution < 1.29 is 0 Å². The van der Waals surface area contributed by atoms with E-state index >= 15 is 0 Å². The maximum absolute atomic E-state index is 6.81. The molecule has 5 heterocycles. The van der Waals surface area contributed by atoms with Gasteiger partial charge in [0.15, 0.2) is 46.7 Å². The fourth-order valence-electron chi connectivity index (χ4n) is 6.02. The first-order valence-electron chi connectivity index (χ1n) is 14.4. The normalized spacial score (nSPS) is 16.1. The molecule has 5 aliphatic rings. The third-order valence-corrected chi connectivity index (χ3v) is 14.6. The molecule has 9 rings (SSSR count). The van der Waals surface area contributed by atoms with Gasteiger partial charge in [0.05, 0.1) is 109 Å². The molecule has 0 aromatic heterocycles. The SMILES string of the molecule is Clc1ccc2c(c1Cl)C1=NC3=NC(=NC4=NC(=NC5=NC(=NC2=N1)c1c(Cl)c(Cl)c(Cl)c(Cl)c15)c1c(Cl)c(Cl)c(Cl)c(Cl)c14)c1c(Cl)c(Cl)c(Cl)c(Cl)c13. The first-order chi connectivity index (χ1) is 25.6. The molecular formula is C32H2Cl14N8. The summed E-state index contributed by atoms with van der Waals surface area (Å²) in [6.07, 6.45) is 0. The van der Waals surface area contributed by atoms with Gasteiger partial charge in [-0.05, 0) is 12.1 Å². The van der Waals surface area contributed by atoms with Crippen molar-refractivity contribution in [2.75, 3.05) is 0 Å². The van der Waals surface area contributed by atoms with Crippen LogP contribution in [0.3, 0.4) is 0 Å². The first kappa shape index (κ1) is 37.9. The topological polar surface area (TPSA) is 98.9 Å². The zero-order valence-electron chi connectivity index (χ0n) is 25.0. The number of fused-ring (bicyclic) bond motifs is 16. The minimum absolute atomic E-state index is 0.0141. The van der Waals surface area contributed by atoms with Gasteiger partial charge >= 0.3 is 0 Å². The Morgan fingerprint density at radius 3 is 0.722 bits per heavy atom. The number of nitrogens with zero attached hydrogens (tertiary/aromatic N) is 8. The van der Waals surface area contributed by atoms with Crippen LogP contribution in [0.15, 0.2) is 52.1 Å². The van der Waals surface area contributed by atoms with E-state index in [0.717, 1.165) is 0 Å². The molecule has 0 N–H and O–H groups in total. The second-order valence-corrected chi connectivity index (χ2v) is 16.6. The Hall–Kier alpha value is -1.70. The third kappa shape index (κ3) is 5.34. The van der Waals surface area contributed by atoms with Crippen LogP contribution < -0.4 is 0 Å². The van der Waals surface area contributed by atoms with Crippen molar-refractivity contribution in [3.05, 3.63) is 127 Å². The number of benzene rings is 4. The Morgan fingerprint density at radius 2 is 0.444 bits per heavy atom. The molecule has 8 bridgehead atoms. The third-order valence-electron chi connectivity index (χ3n) is 8.40. The maximum atomic E-state index is 6.81. The quantitative estimate of drug-likeness (QED) is 0.124. The van der Waals surface area contributed by atoms with E-state index in [1.165, 1.54) is 0 Å². The molecule has 54 heavy (non-hydrogen) atoms. The lowest BCUT2D eigenvalue weighted by Gasteiger charge is -2.12. The van der Waals surface area contributed by atoms with E-state index in [1.54, 1.807) is 12.1 Å². The van der Waals surface area contributed by atoms with E-state index < -0.39 is 0 Å². The molecule has 268 valence electrons. The van der Waals surface area contributed by atoms with Crippen molar-refractivity contribution in [3.8, 4) is 0 Å². The van der Waals surface area contributed by atoms with Gasteiger partial charge in [-0.2, -0.15) is 0 Å². The molecular weight excluding hydrogens is 993 g/mol. The van der Waals surface area contributed by atoms with Crippen LogP contribution in [0.5, 0.6) is 0 Å². The van der Waals surface area contributed by atoms with Crippen LogP contribution in [0.25, 0.3) is 0 Å². The van der Waals surface area contributed by atoms with Crippen LogP contribution in [0.2, 0.25) is 70.3 Å². The molecule has 8 nitrogen and oxygen atoms in total. The van der Waals surface area contributed by atoms with Gasteiger partial charge in [0.2, 0.25) is 0 Å². The minimum atomic E-state index is -0.0847. The summed E-state index contributed by atoms with van der Waals surface area (Å²) in [6.45, 7) is 0. The molecule has 0 unspecified atom stereocenters. The van der Waals surface area contributed by atoms with Crippen LogP contribution in [-0.2, 0) is 0 Å². The lowest BCUT2D eigenvalue weighted by atomic mass is 10.1. The summed E-state index contributed by atoms with van der Waals surface area (Å²) in [5.41, 5.74) is 1.66. The molecule has 4 aromatic carbocycles. The van der Waals surface area contributed by atoms with Crippen LogP contribution >= 0.6 is 162 Å². The smallest absolute Gasteiger partial charge is 0.166 e. The number of amidine groups is 8. The summed E-state index contributed by atoms with van der Waals surface area (Å²) in [5.74, 6) is -0.213. The van der Waals surface area contributed by atoms with Gasteiger partial charge in [0, 0.05) is 5.56 Å². The zero-order chi connectivity index (χ0) is 38.4. The van der Waals surface area contributed by atoms with Gasteiger partial charge in [-0.15, -0.1) is 0 Å². The van der Waals surface area contributed by atoms with Crippen molar-refractivity contribution in [2.45, 2.75) is 0 Å². The highest BCUT2D eigenvalue weighted by Gasteiger charge is 2.39. The molecule has 0 atom stereocenters. The van der Waals surface area contributed by atoms with E-state index in [9.17, 15) is 0 Å². The molecule has 4 aromatic rings. The van der Waals surface area contributed by atoms with Crippen LogP contribution in [-0.4, -0.2) is 46.7 Å². The standard InChI is InChI=1S/C32H2Cl14N8/c33-4-2-1-3-5(12(4)34)26-47-25(3)48-27-6-7(14(36)20(42)19(41)13(6)35)29(50-27)52-31-10-11(18(40)24(46)23(45)17(10)39)32(54-31)53-30-9-8(28(49-26)51-30)15(37)21(43)22(44)16(9)38/h1-2H. The second kappa shape index (κ2) is 13.4. The highest BCUT2D eigenvalue weighted by atomic mass is 35.5. The molecule has 22 heteroatoms. The Balaban J connectivity index is 1.45. The number of hydrogen-bond donors (Lipinski definition) is 0. The predicted molar refractivity (Wildman–Crippen MR) is 228 cm³/mol. The molecule has 5 aliphatic heterocycles. The highest BCUT2D eigenvalue weighted by molar-refractivity contribution is 6.59. The van der Waals surface area contributed by atoms with E-state index in [4.69, 9.17) is 197 Å². The molecule has 0 amide bonds. The molecule has 0 saturated carbocycles. The molecule has 0 saturated heterocycles. The summed E-state index contributed by atoms with van der Waals surface area (Å²) in [6, 6.07) is 3.22. The summed E-state index contributed by atoms with van der Waals surface area (Å²) in [7, 11) is 0. The molecule has 0 fully saturated rings. The number of hydrogen-bond acceptors (Lipinski definition) is 8. The monoisotopic (exact) mass is 988 g/mol. The number of rotatable bonds is 0. The van der Waals surface area contributed by atoms with E-state index in [1.807, 2.05) is 0 Å². The average molecular weight is 995 g/mol. The van der Waals surface area contributed by atoms with Gasteiger partial charge in [-0.1, -0.05) is 162 Å². The van der Waals surface area contributed by atoms with Gasteiger partial charge in [0.1, 0.15) is 0 Å². The average Bonchev–Trinajstić information content (AvgIpc) is 3.89. The summed E-state index contributed by atoms with van der Waals surface area (Å²) >= 11 is 93.4. The summed E-state index contributed by atoms with van der Waals surface area (Å²) < 4.78 is 0. The van der Waals surface area contributed by atoms with E-state index in [-0.39, 0.29) is 150 Å². The minimum Gasteiger partial charge on any atom is -0.208 e. The first-order valence-corrected chi connectivity index (χ1v) is 19.7. The predicted octanol–water partition coefficient (Wildman–Crippen LogP) is 14.0. The molecule has 0 aliphatic carbocycles. The number of halogens is 14. The van der Waals surface area contributed by atoms with Crippen molar-refractivity contribution in [2.24, 2.45) is 39.9 Å². The zero-order valence-corrected chi connectivity index (χ0v) is 35.6. The Labute approximate surface area is 372 Å². The molecule has 0 spiro atoms. The second-order valence-electron chi connectivity index (χ2n) is 11.3. The van der Waals surface area contributed by atoms with Gasteiger partial charge in [-0.3, -0.25) is 0 Å². The van der Waals surface area contributed by atoms with Crippen molar-refractivity contribution >= 4 is 209 Å². The van der Waals surface area contributed by atoms with Crippen molar-refractivity contribution in [1.82, 2.24) is 0 Å². The Kier molecular flexibility index (Phi) is 9.42. The maximum Gasteiger partial charge on any atom is 0.166 e. The van der Waals surface area contributed by atoms with Crippen LogP contribution in [0, 0.1) is 0 Å². The van der Waals surface area contributed by atoms with Crippen molar-refractivity contribution in [1.29, 1.82) is 0 Å². The van der Waals surface area contributed by atoms with Gasteiger partial charge in [0.25, 0.3) is 0 Å². The Bertz CT molecular complexity index is 2850. The summed E-state index contributed by atoms with van der Waals surface area (Å²) in [5, 5.41) is -0.382. The van der Waals surface area contributed by atoms with E-state index in [2.05, 4.69) is 4.99 Å². The fourth-order valence-corrected chi connectivity index (χ4v) is 9.49. The fraction of sp³-hybridized carbons (Fsp3) is 0. The summed E-state index contributed by atoms with van der Waals surface area (Å²) in [4.78, 5) is 37.9. The van der Waals surface area contributed by atoms with Crippen molar-refractivity contribution in [3.63, 3.8) is 0 Å². The lowest BCUT2D eigenvalue weighted by molar-refractivity contribution is 1.49. The lowest BCUT2D eigenvalue weighted by Crippen LogP contribution is -2.06. The molecule has 0 radical (unpaired) electrons. The van der Waals surface area contributed by atoms with E-state index in [0.29, 0.717) is 11.1 Å².